The Morgan fingerprint density at radius 3 is 2.48 bits per heavy atom. The zero-order valence-electron chi connectivity index (χ0n) is 19.1. The van der Waals surface area contributed by atoms with E-state index in [1.807, 2.05) is 0 Å². The number of rotatable bonds is 10. The molecule has 1 heterocycles. The van der Waals surface area contributed by atoms with Crippen molar-refractivity contribution in [1.82, 2.24) is 15.5 Å². The molecule has 0 bridgehead atoms. The number of amides is 2. The molecular formula is C21H36N6O6. The molecule has 0 aromatic carbocycles. The van der Waals surface area contributed by atoms with E-state index in [-0.39, 0.29) is 24.8 Å². The number of nitrogens with two attached hydrogens (primary N) is 2. The number of nitrogens with one attached hydrogen (secondary N) is 3. The van der Waals surface area contributed by atoms with Gasteiger partial charge in [-0.2, -0.15) is 0 Å². The smallest absolute Gasteiger partial charge is 0.437 e. The minimum Gasteiger partial charge on any atom is -0.437 e. The van der Waals surface area contributed by atoms with Crippen LogP contribution in [-0.4, -0.2) is 73.1 Å². The van der Waals surface area contributed by atoms with E-state index in [1.165, 1.54) is 4.90 Å². The van der Waals surface area contributed by atoms with Gasteiger partial charge in [0.25, 0.3) is 0 Å². The van der Waals surface area contributed by atoms with Gasteiger partial charge in [-0.3, -0.25) is 15.0 Å². The molecule has 186 valence electrons. The molecule has 12 nitrogen and oxygen atoms in total. The molecule has 1 saturated heterocycles. The number of carbonyl (C=O) groups excluding carboxylic acids is 4. The normalized spacial score (nSPS) is 20.1. The standard InChI is InChI=1S/C21H36N6O6/c1-32-21(31)33-19(30)15(8-4-10-25-20(23)24)26-17(28)16-9-5-11-27(16)18(29)14(22)12-13-6-2-3-7-13/h13-16H,2-12,22H2,1H3,(H,26,28)(H4,23,24,25)/t14-,15+,16+/m1/s1. The van der Waals surface area contributed by atoms with Crippen LogP contribution in [0.25, 0.3) is 0 Å². The molecule has 0 unspecified atom stereocenters. The van der Waals surface area contributed by atoms with Gasteiger partial charge in [0.05, 0.1) is 13.2 Å². The lowest BCUT2D eigenvalue weighted by atomic mass is 9.98. The lowest BCUT2D eigenvalue weighted by Gasteiger charge is -2.28. The molecule has 0 aromatic rings. The van der Waals surface area contributed by atoms with E-state index in [0.717, 1.165) is 32.8 Å². The van der Waals surface area contributed by atoms with E-state index in [0.29, 0.717) is 38.1 Å². The summed E-state index contributed by atoms with van der Waals surface area (Å²) in [5.74, 6) is -1.49. The second kappa shape index (κ2) is 13.0. The molecule has 1 aliphatic heterocycles. The molecule has 0 aromatic heterocycles. The first-order valence-electron chi connectivity index (χ1n) is 11.5. The molecule has 3 atom stereocenters. The highest BCUT2D eigenvalue weighted by Gasteiger charge is 2.38. The van der Waals surface area contributed by atoms with Crippen molar-refractivity contribution in [2.45, 2.75) is 75.9 Å². The van der Waals surface area contributed by atoms with Gasteiger partial charge in [0, 0.05) is 13.1 Å². The Hall–Kier alpha value is -2.89. The summed E-state index contributed by atoms with van der Waals surface area (Å²) in [7, 11) is 1.07. The molecule has 33 heavy (non-hydrogen) atoms. The molecule has 0 radical (unpaired) electrons. The molecule has 1 saturated carbocycles. The summed E-state index contributed by atoms with van der Waals surface area (Å²) in [5, 5.41) is 12.4. The number of hydrogen-bond acceptors (Lipinski definition) is 8. The van der Waals surface area contributed by atoms with Crippen LogP contribution < -0.4 is 22.1 Å². The Balaban J connectivity index is 1.98. The van der Waals surface area contributed by atoms with Crippen molar-refractivity contribution in [2.75, 3.05) is 20.2 Å². The molecular weight excluding hydrogens is 432 g/mol. The summed E-state index contributed by atoms with van der Waals surface area (Å²) in [5.41, 5.74) is 11.4. The predicted octanol–water partition coefficient (Wildman–Crippen LogP) is -0.0573. The van der Waals surface area contributed by atoms with E-state index < -0.39 is 36.2 Å². The number of hydrogen-bond donors (Lipinski definition) is 5. The third-order valence-electron chi connectivity index (χ3n) is 6.15. The Morgan fingerprint density at radius 2 is 1.85 bits per heavy atom. The van der Waals surface area contributed by atoms with Crippen LogP contribution in [0.1, 0.15) is 57.8 Å². The molecule has 2 amide bonds. The van der Waals surface area contributed by atoms with Crippen molar-refractivity contribution in [2.24, 2.45) is 17.4 Å². The Labute approximate surface area is 193 Å². The summed E-state index contributed by atoms with van der Waals surface area (Å²) in [6.45, 7) is 0.715. The summed E-state index contributed by atoms with van der Waals surface area (Å²) < 4.78 is 8.93. The van der Waals surface area contributed by atoms with Crippen LogP contribution in [-0.2, 0) is 23.9 Å². The maximum absolute atomic E-state index is 13.0. The fourth-order valence-electron chi connectivity index (χ4n) is 4.46. The number of methoxy groups -OCH3 is 1. The van der Waals surface area contributed by atoms with Crippen molar-refractivity contribution in [1.29, 1.82) is 5.41 Å². The first-order valence-corrected chi connectivity index (χ1v) is 11.5. The van der Waals surface area contributed by atoms with Gasteiger partial charge in [0.1, 0.15) is 12.1 Å². The van der Waals surface area contributed by atoms with Gasteiger partial charge in [0.2, 0.25) is 11.8 Å². The van der Waals surface area contributed by atoms with Crippen LogP contribution in [0.2, 0.25) is 0 Å². The molecule has 0 spiro atoms. The van der Waals surface area contributed by atoms with Crippen LogP contribution in [0.15, 0.2) is 0 Å². The van der Waals surface area contributed by atoms with Gasteiger partial charge in [-0.05, 0) is 38.0 Å². The summed E-state index contributed by atoms with van der Waals surface area (Å²) in [4.78, 5) is 51.2. The molecule has 1 aliphatic carbocycles. The van der Waals surface area contributed by atoms with E-state index in [9.17, 15) is 19.2 Å². The highest BCUT2D eigenvalue weighted by molar-refractivity contribution is 5.93. The highest BCUT2D eigenvalue weighted by atomic mass is 16.7. The third kappa shape index (κ3) is 8.19. The highest BCUT2D eigenvalue weighted by Crippen LogP contribution is 2.29. The number of esters is 1. The first kappa shape index (κ1) is 26.4. The van der Waals surface area contributed by atoms with Crippen LogP contribution >= 0.6 is 0 Å². The van der Waals surface area contributed by atoms with Crippen molar-refractivity contribution in [3.8, 4) is 0 Å². The number of ether oxygens (including phenoxy) is 2. The summed E-state index contributed by atoms with van der Waals surface area (Å²) >= 11 is 0. The number of nitrogens with zero attached hydrogens (tertiary/aromatic N) is 1. The summed E-state index contributed by atoms with van der Waals surface area (Å²) in [6, 6.07) is -2.52. The topological polar surface area (TPSA) is 190 Å². The van der Waals surface area contributed by atoms with Crippen LogP contribution in [0, 0.1) is 11.3 Å². The van der Waals surface area contributed by atoms with Gasteiger partial charge in [-0.15, -0.1) is 0 Å². The minimum absolute atomic E-state index is 0.129. The quantitative estimate of drug-likeness (QED) is 0.0961. The molecule has 2 fully saturated rings. The van der Waals surface area contributed by atoms with Gasteiger partial charge < -0.3 is 36.5 Å². The average Bonchev–Trinajstić information content (AvgIpc) is 3.46. The van der Waals surface area contributed by atoms with Crippen molar-refractivity contribution < 1.29 is 28.7 Å². The fourth-order valence-corrected chi connectivity index (χ4v) is 4.46. The van der Waals surface area contributed by atoms with Gasteiger partial charge in [-0.25, -0.2) is 9.59 Å². The monoisotopic (exact) mass is 468 g/mol. The van der Waals surface area contributed by atoms with Crippen LogP contribution in [0.5, 0.6) is 0 Å². The van der Waals surface area contributed by atoms with Crippen molar-refractivity contribution in [3.63, 3.8) is 0 Å². The predicted molar refractivity (Wildman–Crippen MR) is 119 cm³/mol. The minimum atomic E-state index is -1.18. The molecule has 2 aliphatic rings. The maximum Gasteiger partial charge on any atom is 0.515 e. The maximum atomic E-state index is 13.0. The number of carbonyl (C=O) groups is 4. The number of likely N-dealkylation sites (tertiary alicyclic amines) is 1. The lowest BCUT2D eigenvalue weighted by Crippen LogP contribution is -2.54. The zero-order chi connectivity index (χ0) is 24.4. The van der Waals surface area contributed by atoms with Gasteiger partial charge >= 0.3 is 12.1 Å². The molecule has 2 rings (SSSR count). The fraction of sp³-hybridized carbons (Fsp3) is 0.762. The average molecular weight is 469 g/mol. The van der Waals surface area contributed by atoms with E-state index in [4.69, 9.17) is 16.9 Å². The van der Waals surface area contributed by atoms with E-state index in [1.54, 1.807) is 0 Å². The third-order valence-corrected chi connectivity index (χ3v) is 6.15. The van der Waals surface area contributed by atoms with Crippen LogP contribution in [0.4, 0.5) is 4.79 Å². The van der Waals surface area contributed by atoms with Crippen LogP contribution in [0.3, 0.4) is 0 Å². The Kier molecular flexibility index (Phi) is 10.4. The molecule has 12 heteroatoms. The zero-order valence-corrected chi connectivity index (χ0v) is 19.1. The summed E-state index contributed by atoms with van der Waals surface area (Å²) in [6.07, 6.45) is 5.50. The largest absolute Gasteiger partial charge is 0.515 e. The van der Waals surface area contributed by atoms with Crippen molar-refractivity contribution in [3.05, 3.63) is 0 Å². The SMILES string of the molecule is COC(=O)OC(=O)[C@H](CCCNC(=N)N)NC(=O)[C@@H]1CCCN1C(=O)[C@H](N)CC1CCCC1. The van der Waals surface area contributed by atoms with E-state index >= 15 is 0 Å². The Bertz CT molecular complexity index is 726. The number of guanidine groups is 1. The lowest BCUT2D eigenvalue weighted by molar-refractivity contribution is -0.145. The van der Waals surface area contributed by atoms with Gasteiger partial charge in [0.15, 0.2) is 5.96 Å². The van der Waals surface area contributed by atoms with E-state index in [2.05, 4.69) is 20.1 Å². The first-order chi connectivity index (χ1) is 15.7. The molecule has 7 N–H and O–H groups in total. The second-order valence-electron chi connectivity index (χ2n) is 8.60. The second-order valence-corrected chi connectivity index (χ2v) is 8.60. The van der Waals surface area contributed by atoms with Crippen molar-refractivity contribution >= 4 is 29.9 Å². The Morgan fingerprint density at radius 1 is 1.15 bits per heavy atom. The van der Waals surface area contributed by atoms with Gasteiger partial charge in [-0.1, -0.05) is 25.7 Å².